The first-order chi connectivity index (χ1) is 8.82. The number of nitrogens with two attached hydrogens (primary N) is 1. The minimum Gasteiger partial charge on any atom is -0.463 e. The molecule has 1 unspecified atom stereocenters. The van der Waals surface area contributed by atoms with Crippen LogP contribution in [0.1, 0.15) is 17.0 Å². The number of anilines is 1. The zero-order chi connectivity index (χ0) is 14.2. The Kier molecular flexibility index (Phi) is 3.33. The first-order valence-corrected chi connectivity index (χ1v) is 6.94. The van der Waals surface area contributed by atoms with E-state index in [-0.39, 0.29) is 24.6 Å². The Balaban J connectivity index is 2.21. The standard InChI is InChI=1S/C10H12N2O6S/c1-17-10(14)7-2-3-9(18-7)12-5-6(4-8(12)13)19(11,15)16/h2-3,6H,4-5H2,1H3,(H2,11,15,16). The fraction of sp³-hybridized carbons (Fsp3) is 0.400. The number of hydrogen-bond donors (Lipinski definition) is 1. The topological polar surface area (TPSA) is 120 Å². The molecule has 9 heteroatoms. The van der Waals surface area contributed by atoms with Gasteiger partial charge in [-0.15, -0.1) is 0 Å². The van der Waals surface area contributed by atoms with Crippen LogP contribution in [0.3, 0.4) is 0 Å². The van der Waals surface area contributed by atoms with Crippen LogP contribution in [0.25, 0.3) is 0 Å². The summed E-state index contributed by atoms with van der Waals surface area (Å²) in [6.45, 7) is -0.0915. The Bertz CT molecular complexity index is 620. The Morgan fingerprint density at radius 1 is 1.53 bits per heavy atom. The number of nitrogens with zero attached hydrogens (tertiary/aromatic N) is 1. The molecule has 2 heterocycles. The van der Waals surface area contributed by atoms with Crippen LogP contribution in [0, 0.1) is 0 Å². The molecule has 1 aliphatic rings. The smallest absolute Gasteiger partial charge is 0.374 e. The van der Waals surface area contributed by atoms with Crippen LogP contribution in [-0.2, 0) is 19.6 Å². The number of esters is 1. The van der Waals surface area contributed by atoms with Crippen LogP contribution >= 0.6 is 0 Å². The van der Waals surface area contributed by atoms with Gasteiger partial charge < -0.3 is 9.15 Å². The van der Waals surface area contributed by atoms with Gasteiger partial charge in [-0.1, -0.05) is 0 Å². The molecular formula is C10H12N2O6S. The minimum atomic E-state index is -3.79. The van der Waals surface area contributed by atoms with Crippen molar-refractivity contribution in [2.75, 3.05) is 18.6 Å². The molecule has 0 spiro atoms. The lowest BCUT2D eigenvalue weighted by Crippen LogP contribution is -2.31. The third kappa shape index (κ3) is 2.61. The first kappa shape index (κ1) is 13.6. The number of carbonyl (C=O) groups is 2. The molecule has 0 aliphatic carbocycles. The minimum absolute atomic E-state index is 0.0654. The summed E-state index contributed by atoms with van der Waals surface area (Å²) >= 11 is 0. The lowest BCUT2D eigenvalue weighted by molar-refractivity contribution is -0.117. The van der Waals surface area contributed by atoms with E-state index in [2.05, 4.69) is 4.74 Å². The summed E-state index contributed by atoms with van der Waals surface area (Å²) in [5, 5.41) is 4.04. The van der Waals surface area contributed by atoms with Crippen molar-refractivity contribution in [2.24, 2.45) is 5.14 Å². The van der Waals surface area contributed by atoms with Crippen LogP contribution in [0.5, 0.6) is 0 Å². The highest BCUT2D eigenvalue weighted by Crippen LogP contribution is 2.26. The van der Waals surface area contributed by atoms with Crippen molar-refractivity contribution in [2.45, 2.75) is 11.7 Å². The Hall–Kier alpha value is -1.87. The Morgan fingerprint density at radius 2 is 2.21 bits per heavy atom. The van der Waals surface area contributed by atoms with Crippen LogP contribution in [0.4, 0.5) is 5.88 Å². The van der Waals surface area contributed by atoms with Gasteiger partial charge in [0.25, 0.3) is 0 Å². The SMILES string of the molecule is COC(=O)c1ccc(N2CC(S(N)(=O)=O)CC2=O)o1. The number of carbonyl (C=O) groups excluding carboxylic acids is 2. The van der Waals surface area contributed by atoms with Gasteiger partial charge in [-0.05, 0) is 6.07 Å². The van der Waals surface area contributed by atoms with Gasteiger partial charge in [-0.25, -0.2) is 18.4 Å². The van der Waals surface area contributed by atoms with Crippen molar-refractivity contribution in [3.8, 4) is 0 Å². The molecule has 2 rings (SSSR count). The lowest BCUT2D eigenvalue weighted by Gasteiger charge is -2.12. The molecule has 0 radical (unpaired) electrons. The fourth-order valence-electron chi connectivity index (χ4n) is 1.79. The van der Waals surface area contributed by atoms with Gasteiger partial charge in [0.2, 0.25) is 27.6 Å². The summed E-state index contributed by atoms with van der Waals surface area (Å²) in [6.07, 6.45) is -0.201. The van der Waals surface area contributed by atoms with Gasteiger partial charge >= 0.3 is 5.97 Å². The number of methoxy groups -OCH3 is 1. The van der Waals surface area contributed by atoms with Crippen LogP contribution in [0.15, 0.2) is 16.5 Å². The molecule has 1 aliphatic heterocycles. The number of ether oxygens (including phenoxy) is 1. The molecule has 0 saturated carbocycles. The number of amides is 1. The molecule has 1 fully saturated rings. The van der Waals surface area contributed by atoms with Gasteiger partial charge in [0.05, 0.1) is 7.11 Å². The molecule has 104 valence electrons. The molecule has 1 aromatic heterocycles. The van der Waals surface area contributed by atoms with Crippen molar-refractivity contribution >= 4 is 27.8 Å². The predicted octanol–water partition coefficient (Wildman–Crippen LogP) is -0.540. The third-order valence-electron chi connectivity index (χ3n) is 2.80. The molecule has 8 nitrogen and oxygen atoms in total. The lowest BCUT2D eigenvalue weighted by atomic mass is 10.4. The molecule has 0 aromatic carbocycles. The van der Waals surface area contributed by atoms with E-state index in [1.165, 1.54) is 19.2 Å². The van der Waals surface area contributed by atoms with Crippen molar-refractivity contribution in [3.05, 3.63) is 17.9 Å². The van der Waals surface area contributed by atoms with Gasteiger partial charge in [0.15, 0.2) is 0 Å². The highest BCUT2D eigenvalue weighted by Gasteiger charge is 2.38. The first-order valence-electron chi connectivity index (χ1n) is 5.33. The number of furan rings is 1. The number of hydrogen-bond acceptors (Lipinski definition) is 6. The van der Waals surface area contributed by atoms with Crippen molar-refractivity contribution in [1.29, 1.82) is 0 Å². The summed E-state index contributed by atoms with van der Waals surface area (Å²) in [5.41, 5.74) is 0. The van der Waals surface area contributed by atoms with E-state index in [4.69, 9.17) is 9.56 Å². The van der Waals surface area contributed by atoms with Gasteiger partial charge in [-0.2, -0.15) is 0 Å². The van der Waals surface area contributed by atoms with Crippen LogP contribution in [-0.4, -0.2) is 39.2 Å². The summed E-state index contributed by atoms with van der Waals surface area (Å²) < 4.78 is 32.0. The predicted molar refractivity (Wildman–Crippen MR) is 63.9 cm³/mol. The molecule has 1 saturated heterocycles. The Labute approximate surface area is 109 Å². The summed E-state index contributed by atoms with van der Waals surface area (Å²) in [6, 6.07) is 2.74. The molecule has 1 aromatic rings. The molecule has 0 bridgehead atoms. The number of rotatable bonds is 3. The highest BCUT2D eigenvalue weighted by atomic mass is 32.2. The normalized spacial score (nSPS) is 19.8. The van der Waals surface area contributed by atoms with E-state index in [1.54, 1.807) is 0 Å². The highest BCUT2D eigenvalue weighted by molar-refractivity contribution is 7.89. The second kappa shape index (κ2) is 4.67. The van der Waals surface area contributed by atoms with Crippen LogP contribution < -0.4 is 10.0 Å². The molecular weight excluding hydrogens is 276 g/mol. The summed E-state index contributed by atoms with van der Waals surface area (Å²) in [7, 11) is -2.59. The van der Waals surface area contributed by atoms with Gasteiger partial charge in [0.1, 0.15) is 5.25 Å². The van der Waals surface area contributed by atoms with E-state index < -0.39 is 27.1 Å². The van der Waals surface area contributed by atoms with Crippen molar-refractivity contribution < 1.29 is 27.2 Å². The second-order valence-corrected chi connectivity index (χ2v) is 5.89. The maximum Gasteiger partial charge on any atom is 0.374 e. The number of primary sulfonamides is 1. The van der Waals surface area contributed by atoms with E-state index >= 15 is 0 Å². The van der Waals surface area contributed by atoms with Gasteiger partial charge in [0, 0.05) is 19.0 Å². The molecule has 1 atom stereocenters. The summed E-state index contributed by atoms with van der Waals surface area (Å²) in [5.74, 6) is -1.08. The molecule has 19 heavy (non-hydrogen) atoms. The monoisotopic (exact) mass is 288 g/mol. The zero-order valence-electron chi connectivity index (χ0n) is 10.0. The van der Waals surface area contributed by atoms with E-state index in [0.717, 1.165) is 4.90 Å². The van der Waals surface area contributed by atoms with E-state index in [1.807, 2.05) is 0 Å². The van der Waals surface area contributed by atoms with E-state index in [9.17, 15) is 18.0 Å². The van der Waals surface area contributed by atoms with Gasteiger partial charge in [-0.3, -0.25) is 9.69 Å². The average Bonchev–Trinajstić information content (AvgIpc) is 2.93. The second-order valence-electron chi connectivity index (χ2n) is 4.05. The van der Waals surface area contributed by atoms with Crippen LogP contribution in [0.2, 0.25) is 0 Å². The maximum atomic E-state index is 11.7. The maximum absolute atomic E-state index is 11.7. The Morgan fingerprint density at radius 3 is 2.74 bits per heavy atom. The quantitative estimate of drug-likeness (QED) is 0.746. The third-order valence-corrected chi connectivity index (χ3v) is 4.04. The van der Waals surface area contributed by atoms with Crippen molar-refractivity contribution in [1.82, 2.24) is 0 Å². The fourth-order valence-corrected chi connectivity index (χ4v) is 2.52. The molecule has 1 amide bonds. The molecule has 2 N–H and O–H groups in total. The number of sulfonamides is 1. The zero-order valence-corrected chi connectivity index (χ0v) is 10.8. The summed E-state index contributed by atoms with van der Waals surface area (Å²) in [4.78, 5) is 24.1. The van der Waals surface area contributed by atoms with E-state index in [0.29, 0.717) is 0 Å². The average molecular weight is 288 g/mol. The largest absolute Gasteiger partial charge is 0.463 e. The van der Waals surface area contributed by atoms with Crippen molar-refractivity contribution in [3.63, 3.8) is 0 Å².